The fourth-order valence-corrected chi connectivity index (χ4v) is 2.16. The zero-order valence-electron chi connectivity index (χ0n) is 8.23. The van der Waals surface area contributed by atoms with E-state index < -0.39 is 5.41 Å². The lowest BCUT2D eigenvalue weighted by molar-refractivity contribution is -0.126. The van der Waals surface area contributed by atoms with Crippen LogP contribution < -0.4 is 5.32 Å². The van der Waals surface area contributed by atoms with Crippen molar-refractivity contribution in [3.8, 4) is 0 Å². The smallest absolute Gasteiger partial charge is 0.230 e. The number of halogens is 1. The minimum absolute atomic E-state index is 0.100. The van der Waals surface area contributed by atoms with E-state index in [1.165, 1.54) is 5.56 Å². The van der Waals surface area contributed by atoms with Crippen LogP contribution in [0.25, 0.3) is 0 Å². The van der Waals surface area contributed by atoms with E-state index in [-0.39, 0.29) is 5.91 Å². The molecule has 2 rings (SSSR count). The average molecular weight is 254 g/mol. The first-order valence-electron chi connectivity index (χ1n) is 4.59. The van der Waals surface area contributed by atoms with Gasteiger partial charge in [0.25, 0.3) is 0 Å². The minimum Gasteiger partial charge on any atom is -0.351 e. The van der Waals surface area contributed by atoms with Gasteiger partial charge in [-0.25, -0.2) is 0 Å². The van der Waals surface area contributed by atoms with Crippen LogP contribution in [-0.4, -0.2) is 5.91 Å². The Hall–Kier alpha value is -0.830. The molecule has 1 aliphatic heterocycles. The van der Waals surface area contributed by atoms with Gasteiger partial charge in [-0.15, -0.1) is 0 Å². The van der Waals surface area contributed by atoms with Crippen molar-refractivity contribution in [3.63, 3.8) is 0 Å². The van der Waals surface area contributed by atoms with Crippen LogP contribution in [0.1, 0.15) is 25.0 Å². The Kier molecular flexibility index (Phi) is 2.14. The molecule has 0 atom stereocenters. The van der Waals surface area contributed by atoms with Crippen molar-refractivity contribution < 1.29 is 4.79 Å². The van der Waals surface area contributed by atoms with Crippen LogP contribution >= 0.6 is 15.9 Å². The molecule has 1 N–H and O–H groups in total. The molecule has 1 aliphatic rings. The van der Waals surface area contributed by atoms with Gasteiger partial charge in [0.05, 0.1) is 5.41 Å². The zero-order chi connectivity index (χ0) is 10.3. The number of rotatable bonds is 0. The van der Waals surface area contributed by atoms with Gasteiger partial charge in [0.1, 0.15) is 0 Å². The van der Waals surface area contributed by atoms with E-state index in [1.54, 1.807) is 0 Å². The molecule has 74 valence electrons. The van der Waals surface area contributed by atoms with Crippen molar-refractivity contribution in [1.82, 2.24) is 5.32 Å². The van der Waals surface area contributed by atoms with Crippen LogP contribution in [0.2, 0.25) is 0 Å². The largest absolute Gasteiger partial charge is 0.351 e. The molecule has 1 aromatic rings. The molecule has 0 spiro atoms. The molecule has 0 fully saturated rings. The first-order chi connectivity index (χ1) is 6.51. The van der Waals surface area contributed by atoms with Crippen molar-refractivity contribution in [2.45, 2.75) is 25.8 Å². The number of hydrogen-bond donors (Lipinski definition) is 1. The lowest BCUT2D eigenvalue weighted by atomic mass is 9.78. The molecule has 14 heavy (non-hydrogen) atoms. The average Bonchev–Trinajstić information content (AvgIpc) is 2.13. The van der Waals surface area contributed by atoms with Crippen LogP contribution in [0, 0.1) is 0 Å². The van der Waals surface area contributed by atoms with Crippen molar-refractivity contribution in [2.75, 3.05) is 0 Å². The van der Waals surface area contributed by atoms with Gasteiger partial charge in [0.2, 0.25) is 5.91 Å². The maximum Gasteiger partial charge on any atom is 0.230 e. The Labute approximate surface area is 91.8 Å². The van der Waals surface area contributed by atoms with Gasteiger partial charge >= 0.3 is 0 Å². The van der Waals surface area contributed by atoms with E-state index >= 15 is 0 Å². The molecular formula is C11H12BrNO. The summed E-state index contributed by atoms with van der Waals surface area (Å²) in [6, 6.07) is 6.10. The fraction of sp³-hybridized carbons (Fsp3) is 0.364. The molecule has 0 radical (unpaired) electrons. The Morgan fingerprint density at radius 3 is 2.86 bits per heavy atom. The summed E-state index contributed by atoms with van der Waals surface area (Å²) in [6.07, 6.45) is 0. The predicted molar refractivity (Wildman–Crippen MR) is 59.0 cm³/mol. The number of benzene rings is 1. The van der Waals surface area contributed by atoms with E-state index in [9.17, 15) is 4.79 Å². The molecule has 0 saturated heterocycles. The molecule has 1 aromatic carbocycles. The van der Waals surface area contributed by atoms with Crippen LogP contribution in [0.4, 0.5) is 0 Å². The maximum atomic E-state index is 11.7. The lowest BCUT2D eigenvalue weighted by Crippen LogP contribution is -2.44. The first kappa shape index (κ1) is 9.71. The number of amides is 1. The summed E-state index contributed by atoms with van der Waals surface area (Å²) in [7, 11) is 0. The summed E-state index contributed by atoms with van der Waals surface area (Å²) < 4.78 is 1.03. The Balaban J connectivity index is 2.61. The molecule has 0 bridgehead atoms. The van der Waals surface area contributed by atoms with Gasteiger partial charge in [0, 0.05) is 11.0 Å². The summed E-state index contributed by atoms with van der Waals surface area (Å²) in [5.74, 6) is 0.100. The highest BCUT2D eigenvalue weighted by Gasteiger charge is 2.35. The molecule has 2 nitrogen and oxygen atoms in total. The van der Waals surface area contributed by atoms with Crippen molar-refractivity contribution in [2.24, 2.45) is 0 Å². The second-order valence-corrected chi connectivity index (χ2v) is 5.02. The number of nitrogens with one attached hydrogen (secondary N) is 1. The van der Waals surface area contributed by atoms with E-state index in [0.717, 1.165) is 10.0 Å². The molecule has 0 aliphatic carbocycles. The van der Waals surface area contributed by atoms with Crippen LogP contribution in [-0.2, 0) is 16.8 Å². The van der Waals surface area contributed by atoms with Crippen molar-refractivity contribution in [3.05, 3.63) is 33.8 Å². The molecule has 1 heterocycles. The standard InChI is InChI=1S/C11H12BrNO/c1-11(2)9-5-8(12)4-3-7(9)6-13-10(11)14/h3-5H,6H2,1-2H3,(H,13,14). The SMILES string of the molecule is CC1(C)C(=O)NCc2ccc(Br)cc21. The Bertz CT molecular complexity index is 398. The van der Waals surface area contributed by atoms with E-state index in [4.69, 9.17) is 0 Å². The Morgan fingerprint density at radius 1 is 1.43 bits per heavy atom. The van der Waals surface area contributed by atoms with Crippen molar-refractivity contribution >= 4 is 21.8 Å². The van der Waals surface area contributed by atoms with Gasteiger partial charge in [-0.2, -0.15) is 0 Å². The number of fused-ring (bicyclic) bond motifs is 1. The molecule has 0 aromatic heterocycles. The minimum atomic E-state index is -0.419. The summed E-state index contributed by atoms with van der Waals surface area (Å²) >= 11 is 3.43. The van der Waals surface area contributed by atoms with E-state index in [1.807, 2.05) is 26.0 Å². The van der Waals surface area contributed by atoms with E-state index in [2.05, 4.69) is 27.3 Å². The molecule has 0 saturated carbocycles. The number of carbonyl (C=O) groups is 1. The van der Waals surface area contributed by atoms with Gasteiger partial charge in [-0.3, -0.25) is 4.79 Å². The highest BCUT2D eigenvalue weighted by molar-refractivity contribution is 9.10. The van der Waals surface area contributed by atoms with Gasteiger partial charge in [-0.1, -0.05) is 22.0 Å². The fourth-order valence-electron chi connectivity index (χ4n) is 1.80. The summed E-state index contributed by atoms with van der Waals surface area (Å²) in [6.45, 7) is 4.55. The number of carbonyl (C=O) groups excluding carboxylic acids is 1. The summed E-state index contributed by atoms with van der Waals surface area (Å²) in [5.41, 5.74) is 1.91. The van der Waals surface area contributed by atoms with Crippen LogP contribution in [0.15, 0.2) is 22.7 Å². The molecule has 1 amide bonds. The normalized spacial score (nSPS) is 18.6. The van der Waals surface area contributed by atoms with Gasteiger partial charge < -0.3 is 5.32 Å². The van der Waals surface area contributed by atoms with Crippen molar-refractivity contribution in [1.29, 1.82) is 0 Å². The van der Waals surface area contributed by atoms with Crippen LogP contribution in [0.3, 0.4) is 0 Å². The predicted octanol–water partition coefficient (Wildman–Crippen LogP) is 2.36. The third-order valence-corrected chi connectivity index (χ3v) is 3.25. The third-order valence-electron chi connectivity index (χ3n) is 2.75. The maximum absolute atomic E-state index is 11.7. The number of hydrogen-bond acceptors (Lipinski definition) is 1. The summed E-state index contributed by atoms with van der Waals surface area (Å²) in [5, 5.41) is 2.89. The zero-order valence-corrected chi connectivity index (χ0v) is 9.81. The Morgan fingerprint density at radius 2 is 2.14 bits per heavy atom. The second kappa shape index (κ2) is 3.09. The van der Waals surface area contributed by atoms with Crippen LogP contribution in [0.5, 0.6) is 0 Å². The monoisotopic (exact) mass is 253 g/mol. The molecule has 3 heteroatoms. The third kappa shape index (κ3) is 1.36. The molecule has 0 unspecified atom stereocenters. The topological polar surface area (TPSA) is 29.1 Å². The van der Waals surface area contributed by atoms with Gasteiger partial charge in [-0.05, 0) is 37.1 Å². The quantitative estimate of drug-likeness (QED) is 0.756. The highest BCUT2D eigenvalue weighted by atomic mass is 79.9. The van der Waals surface area contributed by atoms with E-state index in [0.29, 0.717) is 6.54 Å². The highest BCUT2D eigenvalue weighted by Crippen LogP contribution is 2.32. The second-order valence-electron chi connectivity index (χ2n) is 4.11. The van der Waals surface area contributed by atoms with Gasteiger partial charge in [0.15, 0.2) is 0 Å². The first-order valence-corrected chi connectivity index (χ1v) is 5.38. The molecular weight excluding hydrogens is 242 g/mol. The summed E-state index contributed by atoms with van der Waals surface area (Å²) in [4.78, 5) is 11.7. The lowest BCUT2D eigenvalue weighted by Gasteiger charge is -2.31.